The quantitative estimate of drug-likeness (QED) is 0.890. The first-order valence-corrected chi connectivity index (χ1v) is 6.91. The third-order valence-corrected chi connectivity index (χ3v) is 3.39. The van der Waals surface area contributed by atoms with Crippen molar-refractivity contribution in [3.8, 4) is 5.75 Å². The Kier molecular flexibility index (Phi) is 4.99. The molecule has 0 fully saturated rings. The zero-order chi connectivity index (χ0) is 14.5. The lowest BCUT2D eigenvalue weighted by molar-refractivity contribution is 0.171. The van der Waals surface area contributed by atoms with E-state index in [0.29, 0.717) is 10.8 Å². The van der Waals surface area contributed by atoms with Crippen molar-refractivity contribution >= 4 is 11.6 Å². The molecule has 2 nitrogen and oxygen atoms in total. The van der Waals surface area contributed by atoms with E-state index in [1.54, 1.807) is 24.3 Å². The Labute approximate surface area is 123 Å². The van der Waals surface area contributed by atoms with Crippen LogP contribution in [0.5, 0.6) is 5.75 Å². The molecule has 0 heterocycles. The number of hydrogen-bond donors (Lipinski definition) is 1. The molecule has 0 amide bonds. The van der Waals surface area contributed by atoms with Crippen LogP contribution in [-0.4, -0.2) is 6.04 Å². The summed E-state index contributed by atoms with van der Waals surface area (Å²) < 4.78 is 18.8. The van der Waals surface area contributed by atoms with Crippen LogP contribution < -0.4 is 10.5 Å². The maximum Gasteiger partial charge on any atom is 0.139 e. The van der Waals surface area contributed by atoms with Gasteiger partial charge in [0.15, 0.2) is 0 Å². The molecule has 20 heavy (non-hydrogen) atoms. The molecule has 2 aromatic carbocycles. The second-order valence-electron chi connectivity index (χ2n) is 4.62. The second-order valence-corrected chi connectivity index (χ2v) is 5.05. The van der Waals surface area contributed by atoms with Gasteiger partial charge >= 0.3 is 0 Å². The van der Waals surface area contributed by atoms with E-state index in [9.17, 15) is 4.39 Å². The number of hydrogen-bond acceptors (Lipinski definition) is 2. The molecule has 0 saturated carbocycles. The van der Waals surface area contributed by atoms with Crippen molar-refractivity contribution in [2.45, 2.75) is 25.5 Å². The highest BCUT2D eigenvalue weighted by atomic mass is 35.5. The van der Waals surface area contributed by atoms with Gasteiger partial charge in [0.05, 0.1) is 0 Å². The molecule has 4 heteroatoms. The Hall–Kier alpha value is -1.58. The zero-order valence-corrected chi connectivity index (χ0v) is 12.0. The van der Waals surface area contributed by atoms with E-state index < -0.39 is 0 Å². The second kappa shape index (κ2) is 6.73. The van der Waals surface area contributed by atoms with Crippen molar-refractivity contribution in [3.63, 3.8) is 0 Å². The van der Waals surface area contributed by atoms with E-state index in [2.05, 4.69) is 0 Å². The molecule has 0 radical (unpaired) electrons. The summed E-state index contributed by atoms with van der Waals surface area (Å²) in [5, 5.41) is 0.666. The van der Waals surface area contributed by atoms with E-state index in [1.165, 1.54) is 12.1 Å². The number of nitrogens with two attached hydrogens (primary N) is 1. The molecule has 0 bridgehead atoms. The molecule has 2 N–H and O–H groups in total. The van der Waals surface area contributed by atoms with Crippen LogP contribution in [0.1, 0.15) is 25.0 Å². The summed E-state index contributed by atoms with van der Waals surface area (Å²) in [7, 11) is 0. The zero-order valence-electron chi connectivity index (χ0n) is 11.2. The lowest BCUT2D eigenvalue weighted by atomic mass is 10.0. The van der Waals surface area contributed by atoms with Crippen LogP contribution in [0.15, 0.2) is 48.5 Å². The molecule has 2 atom stereocenters. The topological polar surface area (TPSA) is 35.2 Å². The molecular formula is C16H17ClFNO. The highest BCUT2D eigenvalue weighted by Gasteiger charge is 2.20. The fourth-order valence-electron chi connectivity index (χ4n) is 1.93. The third-order valence-electron chi connectivity index (χ3n) is 3.14. The first kappa shape index (κ1) is 14.8. The van der Waals surface area contributed by atoms with Gasteiger partial charge in [-0.3, -0.25) is 0 Å². The third kappa shape index (κ3) is 3.71. The minimum atomic E-state index is -0.291. The smallest absolute Gasteiger partial charge is 0.139 e. The SMILES string of the molecule is CCC(N)C(Oc1ccc(F)cc1)c1ccc(Cl)cc1. The van der Waals surface area contributed by atoms with Gasteiger partial charge < -0.3 is 10.5 Å². The molecule has 2 unspecified atom stereocenters. The number of ether oxygens (including phenoxy) is 1. The van der Waals surface area contributed by atoms with E-state index >= 15 is 0 Å². The molecule has 106 valence electrons. The van der Waals surface area contributed by atoms with Gasteiger partial charge in [0, 0.05) is 11.1 Å². The van der Waals surface area contributed by atoms with E-state index in [4.69, 9.17) is 22.1 Å². The lowest BCUT2D eigenvalue weighted by Crippen LogP contribution is -2.31. The number of rotatable bonds is 5. The average molecular weight is 294 g/mol. The van der Waals surface area contributed by atoms with Gasteiger partial charge in [-0.05, 0) is 48.4 Å². The van der Waals surface area contributed by atoms with Crippen LogP contribution in [0.3, 0.4) is 0 Å². The normalized spacial score (nSPS) is 13.8. The molecule has 2 aromatic rings. The summed E-state index contributed by atoms with van der Waals surface area (Å²) in [4.78, 5) is 0. The standard InChI is InChI=1S/C16H17ClFNO/c1-2-15(19)16(11-3-5-12(17)6-4-11)20-14-9-7-13(18)8-10-14/h3-10,15-16H,2,19H2,1H3. The Morgan fingerprint density at radius 3 is 2.25 bits per heavy atom. The van der Waals surface area contributed by atoms with Crippen molar-refractivity contribution < 1.29 is 9.13 Å². The van der Waals surface area contributed by atoms with Crippen LogP contribution in [0.25, 0.3) is 0 Å². The van der Waals surface area contributed by atoms with E-state index in [1.807, 2.05) is 19.1 Å². The predicted octanol–water partition coefficient (Wildman–Crippen LogP) is 4.34. The maximum atomic E-state index is 12.9. The molecule has 0 spiro atoms. The predicted molar refractivity (Wildman–Crippen MR) is 79.5 cm³/mol. The Morgan fingerprint density at radius 1 is 1.10 bits per heavy atom. The van der Waals surface area contributed by atoms with Gasteiger partial charge in [0.2, 0.25) is 0 Å². The fraction of sp³-hybridized carbons (Fsp3) is 0.250. The van der Waals surface area contributed by atoms with Crippen molar-refractivity contribution in [3.05, 3.63) is 64.9 Å². The van der Waals surface area contributed by atoms with Gasteiger partial charge in [-0.2, -0.15) is 0 Å². The van der Waals surface area contributed by atoms with Crippen LogP contribution in [0, 0.1) is 5.82 Å². The van der Waals surface area contributed by atoms with Crippen LogP contribution in [0.4, 0.5) is 4.39 Å². The Bertz CT molecular complexity index is 541. The molecule has 2 rings (SSSR count). The molecule has 0 saturated heterocycles. The fourth-order valence-corrected chi connectivity index (χ4v) is 2.05. The van der Waals surface area contributed by atoms with Crippen LogP contribution in [-0.2, 0) is 0 Å². The largest absolute Gasteiger partial charge is 0.484 e. The summed E-state index contributed by atoms with van der Waals surface area (Å²) >= 11 is 5.89. The van der Waals surface area contributed by atoms with Crippen LogP contribution >= 0.6 is 11.6 Å². The maximum absolute atomic E-state index is 12.9. The molecule has 0 aliphatic carbocycles. The van der Waals surface area contributed by atoms with Gasteiger partial charge in [0.25, 0.3) is 0 Å². The van der Waals surface area contributed by atoms with E-state index in [0.717, 1.165) is 12.0 Å². The van der Waals surface area contributed by atoms with E-state index in [-0.39, 0.29) is 18.0 Å². The monoisotopic (exact) mass is 293 g/mol. The van der Waals surface area contributed by atoms with Gasteiger partial charge in [0.1, 0.15) is 17.7 Å². The minimum Gasteiger partial charge on any atom is -0.484 e. The summed E-state index contributed by atoms with van der Waals surface area (Å²) in [5.74, 6) is 0.301. The lowest BCUT2D eigenvalue weighted by Gasteiger charge is -2.24. The summed E-state index contributed by atoms with van der Waals surface area (Å²) in [6, 6.07) is 13.2. The van der Waals surface area contributed by atoms with Gasteiger partial charge in [-0.15, -0.1) is 0 Å². The molecule has 0 aliphatic heterocycles. The minimum absolute atomic E-state index is 0.152. The summed E-state index contributed by atoms with van der Waals surface area (Å²) in [6.45, 7) is 2.00. The average Bonchev–Trinajstić information content (AvgIpc) is 2.47. The number of halogens is 2. The Morgan fingerprint density at radius 2 is 1.70 bits per heavy atom. The molecule has 0 aliphatic rings. The highest BCUT2D eigenvalue weighted by Crippen LogP contribution is 2.26. The molecule has 0 aromatic heterocycles. The van der Waals surface area contributed by atoms with Crippen LogP contribution in [0.2, 0.25) is 5.02 Å². The molecular weight excluding hydrogens is 277 g/mol. The highest BCUT2D eigenvalue weighted by molar-refractivity contribution is 6.30. The van der Waals surface area contributed by atoms with Gasteiger partial charge in [-0.1, -0.05) is 30.7 Å². The van der Waals surface area contributed by atoms with Crippen molar-refractivity contribution in [1.82, 2.24) is 0 Å². The first-order chi connectivity index (χ1) is 9.60. The van der Waals surface area contributed by atoms with Crippen molar-refractivity contribution in [2.24, 2.45) is 5.73 Å². The number of benzene rings is 2. The van der Waals surface area contributed by atoms with Gasteiger partial charge in [-0.25, -0.2) is 4.39 Å². The Balaban J connectivity index is 2.23. The first-order valence-electron chi connectivity index (χ1n) is 6.53. The summed E-state index contributed by atoms with van der Waals surface area (Å²) in [5.41, 5.74) is 7.08. The van der Waals surface area contributed by atoms with Crippen molar-refractivity contribution in [2.75, 3.05) is 0 Å². The van der Waals surface area contributed by atoms with Crippen molar-refractivity contribution in [1.29, 1.82) is 0 Å². The summed E-state index contributed by atoms with van der Waals surface area (Å²) in [6.07, 6.45) is 0.483.